The van der Waals surface area contributed by atoms with E-state index in [0.717, 1.165) is 37.3 Å². The Morgan fingerprint density at radius 2 is 1.88 bits per heavy atom. The van der Waals surface area contributed by atoms with Crippen molar-refractivity contribution in [3.05, 3.63) is 71.0 Å². The zero-order valence-corrected chi connectivity index (χ0v) is 20.6. The predicted molar refractivity (Wildman–Crippen MR) is 133 cm³/mol. The van der Waals surface area contributed by atoms with Gasteiger partial charge in [0.15, 0.2) is 5.82 Å². The van der Waals surface area contributed by atoms with Crippen molar-refractivity contribution < 1.29 is 9.18 Å². The fourth-order valence-corrected chi connectivity index (χ4v) is 4.40. The van der Waals surface area contributed by atoms with Gasteiger partial charge in [-0.05, 0) is 62.1 Å². The van der Waals surface area contributed by atoms with Crippen LogP contribution in [0.1, 0.15) is 50.9 Å². The molecule has 34 heavy (non-hydrogen) atoms. The van der Waals surface area contributed by atoms with Gasteiger partial charge in [-0.15, -0.1) is 0 Å². The molecule has 180 valence electrons. The van der Waals surface area contributed by atoms with E-state index in [1.165, 1.54) is 17.3 Å². The lowest BCUT2D eigenvalue weighted by Gasteiger charge is -2.37. The van der Waals surface area contributed by atoms with E-state index in [2.05, 4.69) is 46.2 Å². The molecule has 0 saturated carbocycles. The van der Waals surface area contributed by atoms with Crippen molar-refractivity contribution in [1.29, 1.82) is 0 Å². The maximum Gasteiger partial charge on any atom is 0.244 e. The van der Waals surface area contributed by atoms with Crippen LogP contribution in [0.4, 0.5) is 4.39 Å². The molecule has 6 nitrogen and oxygen atoms in total. The zero-order valence-electron chi connectivity index (χ0n) is 20.6. The Hall–Kier alpha value is -3.22. The average molecular weight is 464 g/mol. The maximum absolute atomic E-state index is 13.7. The van der Waals surface area contributed by atoms with Crippen molar-refractivity contribution in [1.82, 2.24) is 24.6 Å². The second-order valence-corrected chi connectivity index (χ2v) is 9.43. The molecule has 1 aliphatic carbocycles. The summed E-state index contributed by atoms with van der Waals surface area (Å²) in [5.74, 6) is 1.20. The summed E-state index contributed by atoms with van der Waals surface area (Å²) < 4.78 is 15.4. The van der Waals surface area contributed by atoms with Crippen LogP contribution in [0.5, 0.6) is 0 Å². The first kappa shape index (κ1) is 23.9. The number of carbonyl (C=O) groups excluding carboxylic acids is 1. The van der Waals surface area contributed by atoms with E-state index in [1.54, 1.807) is 23.7 Å². The molecular formula is C27H34FN5O. The van der Waals surface area contributed by atoms with Gasteiger partial charge in [0.2, 0.25) is 5.91 Å². The standard InChI is InChI=1S/C27H34FN5O/c1-19(2)27-29-26(22-10-11-24(28)21(4)17-22)30-33(27)18-25(34)32-14-12-31(13-15-32)23-9-7-5-6-8-20(3)16-23/h6,8-11,16-17,19H,5,7,12-15,18H2,1-4H3/b8-6-,20-16-,23-9+. The summed E-state index contributed by atoms with van der Waals surface area (Å²) >= 11 is 0. The van der Waals surface area contributed by atoms with E-state index in [-0.39, 0.29) is 24.2 Å². The Morgan fingerprint density at radius 3 is 2.59 bits per heavy atom. The molecule has 0 radical (unpaired) electrons. The molecule has 7 heteroatoms. The number of hydrogen-bond acceptors (Lipinski definition) is 4. The summed E-state index contributed by atoms with van der Waals surface area (Å²) in [6, 6.07) is 4.86. The average Bonchev–Trinajstić information content (AvgIpc) is 3.22. The first-order valence-electron chi connectivity index (χ1n) is 12.1. The van der Waals surface area contributed by atoms with Gasteiger partial charge in [-0.2, -0.15) is 5.10 Å². The lowest BCUT2D eigenvalue weighted by molar-refractivity contribution is -0.133. The number of rotatable bonds is 5. The summed E-state index contributed by atoms with van der Waals surface area (Å²) in [5.41, 5.74) is 3.82. The van der Waals surface area contributed by atoms with E-state index in [0.29, 0.717) is 24.5 Å². The third-order valence-corrected chi connectivity index (χ3v) is 6.36. The van der Waals surface area contributed by atoms with Gasteiger partial charge in [-0.3, -0.25) is 4.79 Å². The van der Waals surface area contributed by atoms with Gasteiger partial charge < -0.3 is 9.80 Å². The fraction of sp³-hybridized carbons (Fsp3) is 0.444. The topological polar surface area (TPSA) is 54.3 Å². The number of halogens is 1. The fourth-order valence-electron chi connectivity index (χ4n) is 4.40. The molecular weight excluding hydrogens is 429 g/mol. The molecule has 1 aromatic heterocycles. The number of amides is 1. The van der Waals surface area contributed by atoms with Crippen molar-refractivity contribution in [2.75, 3.05) is 26.2 Å². The molecule has 0 N–H and O–H groups in total. The largest absolute Gasteiger partial charge is 0.368 e. The number of piperazine rings is 1. The van der Waals surface area contributed by atoms with E-state index in [9.17, 15) is 9.18 Å². The number of hydrogen-bond donors (Lipinski definition) is 0. The Kier molecular flexibility index (Phi) is 7.29. The Balaban J connectivity index is 1.44. The summed E-state index contributed by atoms with van der Waals surface area (Å²) in [6.07, 6.45) is 11.0. The number of nitrogens with zero attached hydrogens (tertiary/aromatic N) is 5. The van der Waals surface area contributed by atoms with Crippen LogP contribution in [0.2, 0.25) is 0 Å². The van der Waals surface area contributed by atoms with Crippen LogP contribution in [-0.2, 0) is 11.3 Å². The van der Waals surface area contributed by atoms with E-state index in [4.69, 9.17) is 0 Å². The van der Waals surface area contributed by atoms with Crippen LogP contribution < -0.4 is 0 Å². The van der Waals surface area contributed by atoms with Crippen LogP contribution in [0.3, 0.4) is 0 Å². The van der Waals surface area contributed by atoms with Crippen LogP contribution in [0.25, 0.3) is 11.4 Å². The van der Waals surface area contributed by atoms with Gasteiger partial charge in [0.1, 0.15) is 18.2 Å². The Morgan fingerprint density at radius 1 is 1.12 bits per heavy atom. The van der Waals surface area contributed by atoms with Gasteiger partial charge in [-0.1, -0.05) is 32.1 Å². The molecule has 0 spiro atoms. The van der Waals surface area contributed by atoms with E-state index < -0.39 is 0 Å². The summed E-state index contributed by atoms with van der Waals surface area (Å²) in [5, 5.41) is 4.63. The first-order chi connectivity index (χ1) is 16.3. The van der Waals surface area contributed by atoms with Crippen LogP contribution in [0, 0.1) is 12.7 Å². The third-order valence-electron chi connectivity index (χ3n) is 6.36. The molecule has 1 aliphatic heterocycles. The monoisotopic (exact) mass is 463 g/mol. The van der Waals surface area contributed by atoms with Crippen LogP contribution in [-0.4, -0.2) is 56.7 Å². The summed E-state index contributed by atoms with van der Waals surface area (Å²) in [6.45, 7) is 11.1. The van der Waals surface area contributed by atoms with Gasteiger partial charge in [0, 0.05) is 43.4 Å². The second kappa shape index (κ2) is 10.4. The molecule has 0 unspecified atom stereocenters. The van der Waals surface area contributed by atoms with E-state index in [1.807, 2.05) is 18.7 Å². The molecule has 1 saturated heterocycles. The van der Waals surface area contributed by atoms with Crippen molar-refractivity contribution in [3.63, 3.8) is 0 Å². The minimum Gasteiger partial charge on any atom is -0.368 e. The molecule has 4 rings (SSSR count). The number of carbonyl (C=O) groups is 1. The molecule has 1 aromatic carbocycles. The van der Waals surface area contributed by atoms with Crippen molar-refractivity contribution >= 4 is 5.91 Å². The third kappa shape index (κ3) is 5.46. The predicted octanol–water partition coefficient (Wildman–Crippen LogP) is 4.84. The molecule has 2 aliphatic rings. The normalized spacial score (nSPS) is 20.9. The quantitative estimate of drug-likeness (QED) is 0.637. The minimum absolute atomic E-state index is 0.0505. The van der Waals surface area contributed by atoms with Crippen LogP contribution in [0.15, 0.2) is 53.8 Å². The van der Waals surface area contributed by atoms with Crippen molar-refractivity contribution in [3.8, 4) is 11.4 Å². The van der Waals surface area contributed by atoms with Crippen molar-refractivity contribution in [2.24, 2.45) is 0 Å². The number of allylic oxidation sites excluding steroid dienone is 5. The highest BCUT2D eigenvalue weighted by Gasteiger charge is 2.24. The smallest absolute Gasteiger partial charge is 0.244 e. The molecule has 1 amide bonds. The molecule has 0 atom stereocenters. The zero-order chi connectivity index (χ0) is 24.2. The molecule has 1 fully saturated rings. The number of aromatic nitrogens is 3. The molecule has 0 bridgehead atoms. The number of benzene rings is 1. The van der Waals surface area contributed by atoms with E-state index >= 15 is 0 Å². The highest BCUT2D eigenvalue weighted by atomic mass is 19.1. The highest BCUT2D eigenvalue weighted by Crippen LogP contribution is 2.23. The molecule has 2 heterocycles. The van der Waals surface area contributed by atoms with Gasteiger partial charge in [0.25, 0.3) is 0 Å². The Labute approximate surface area is 201 Å². The molecule has 2 aromatic rings. The SMILES string of the molecule is CC1=C/C(N2CCN(C(=O)Cn3nc(-c4ccc(F)c(C)c4)nc3C(C)C)CC2)=C\CC/C=C\1. The lowest BCUT2D eigenvalue weighted by atomic mass is 10.1. The van der Waals surface area contributed by atoms with Crippen molar-refractivity contribution in [2.45, 2.75) is 53.0 Å². The summed E-state index contributed by atoms with van der Waals surface area (Å²) in [4.78, 5) is 22.1. The Bertz CT molecular complexity index is 1140. The van der Waals surface area contributed by atoms with Gasteiger partial charge in [0.05, 0.1) is 0 Å². The van der Waals surface area contributed by atoms with Crippen LogP contribution >= 0.6 is 0 Å². The van der Waals surface area contributed by atoms with Gasteiger partial charge in [-0.25, -0.2) is 14.1 Å². The summed E-state index contributed by atoms with van der Waals surface area (Å²) in [7, 11) is 0. The number of aryl methyl sites for hydroxylation is 1. The minimum atomic E-state index is -0.251. The second-order valence-electron chi connectivity index (χ2n) is 9.43. The highest BCUT2D eigenvalue weighted by molar-refractivity contribution is 5.76. The lowest BCUT2D eigenvalue weighted by Crippen LogP contribution is -2.49. The van der Waals surface area contributed by atoms with Gasteiger partial charge >= 0.3 is 0 Å². The maximum atomic E-state index is 13.7. The first-order valence-corrected chi connectivity index (χ1v) is 12.1.